The summed E-state index contributed by atoms with van der Waals surface area (Å²) in [4.78, 5) is 11.1. The second-order valence-electron chi connectivity index (χ2n) is 3.08. The molecule has 0 fully saturated rings. The van der Waals surface area contributed by atoms with Crippen molar-refractivity contribution in [1.29, 1.82) is 0 Å². The molecule has 1 aromatic heterocycles. The van der Waals surface area contributed by atoms with Gasteiger partial charge >= 0.3 is 0 Å². The SMILES string of the molecule is COc1cccc(-n2[nH]c(=O)cc2N)c1. The third kappa shape index (κ3) is 1.71. The van der Waals surface area contributed by atoms with E-state index in [0.29, 0.717) is 11.6 Å². The zero-order valence-electron chi connectivity index (χ0n) is 8.23. The molecule has 3 N–H and O–H groups in total. The monoisotopic (exact) mass is 205 g/mol. The van der Waals surface area contributed by atoms with Crippen LogP contribution in [0.3, 0.4) is 0 Å². The standard InChI is InChI=1S/C10H11N3O2/c1-15-8-4-2-3-7(5-8)13-9(11)6-10(14)12-13/h2-6H,11H2,1H3,(H,12,14). The smallest absolute Gasteiger partial charge is 0.266 e. The highest BCUT2D eigenvalue weighted by Gasteiger charge is 2.03. The topological polar surface area (TPSA) is 73.0 Å². The molecule has 1 aromatic carbocycles. The summed E-state index contributed by atoms with van der Waals surface area (Å²) in [5, 5.41) is 2.59. The summed E-state index contributed by atoms with van der Waals surface area (Å²) in [5.74, 6) is 1.08. The molecule has 0 bridgehead atoms. The Morgan fingerprint density at radius 2 is 2.20 bits per heavy atom. The minimum Gasteiger partial charge on any atom is -0.497 e. The summed E-state index contributed by atoms with van der Waals surface area (Å²) >= 11 is 0. The third-order valence-electron chi connectivity index (χ3n) is 2.07. The van der Waals surface area contributed by atoms with Crippen LogP contribution in [-0.2, 0) is 0 Å². The van der Waals surface area contributed by atoms with Gasteiger partial charge in [-0.2, -0.15) is 0 Å². The van der Waals surface area contributed by atoms with Crippen LogP contribution in [-0.4, -0.2) is 16.9 Å². The highest BCUT2D eigenvalue weighted by atomic mass is 16.5. The summed E-state index contributed by atoms with van der Waals surface area (Å²) in [7, 11) is 1.58. The van der Waals surface area contributed by atoms with Gasteiger partial charge in [0, 0.05) is 12.1 Å². The van der Waals surface area contributed by atoms with Crippen molar-refractivity contribution in [1.82, 2.24) is 9.78 Å². The number of nitrogens with one attached hydrogen (secondary N) is 1. The molecule has 5 heteroatoms. The van der Waals surface area contributed by atoms with Crippen LogP contribution in [0.15, 0.2) is 35.1 Å². The highest BCUT2D eigenvalue weighted by molar-refractivity contribution is 5.44. The molecular formula is C10H11N3O2. The van der Waals surface area contributed by atoms with Crippen molar-refractivity contribution in [2.75, 3.05) is 12.8 Å². The number of nitrogens with zero attached hydrogens (tertiary/aromatic N) is 1. The van der Waals surface area contributed by atoms with Crippen LogP contribution in [0.25, 0.3) is 5.69 Å². The van der Waals surface area contributed by atoms with E-state index in [1.165, 1.54) is 10.7 Å². The maximum absolute atomic E-state index is 11.1. The average Bonchev–Trinajstić information content (AvgIpc) is 2.58. The molecule has 2 aromatic rings. The first-order valence-electron chi connectivity index (χ1n) is 4.42. The van der Waals surface area contributed by atoms with Crippen LogP contribution < -0.4 is 16.0 Å². The van der Waals surface area contributed by atoms with Crippen LogP contribution in [0.1, 0.15) is 0 Å². The number of aromatic nitrogens is 2. The first-order chi connectivity index (χ1) is 7.20. The van der Waals surface area contributed by atoms with Gasteiger partial charge in [0.25, 0.3) is 5.56 Å². The van der Waals surface area contributed by atoms with E-state index in [9.17, 15) is 4.79 Å². The van der Waals surface area contributed by atoms with E-state index < -0.39 is 0 Å². The Kier molecular flexibility index (Phi) is 2.21. The van der Waals surface area contributed by atoms with E-state index in [1.807, 2.05) is 18.2 Å². The van der Waals surface area contributed by atoms with Gasteiger partial charge in [0.05, 0.1) is 12.8 Å². The lowest BCUT2D eigenvalue weighted by Gasteiger charge is -2.06. The van der Waals surface area contributed by atoms with E-state index in [4.69, 9.17) is 10.5 Å². The number of rotatable bonds is 2. The zero-order valence-corrected chi connectivity index (χ0v) is 8.23. The molecule has 78 valence electrons. The van der Waals surface area contributed by atoms with Crippen molar-refractivity contribution in [3.63, 3.8) is 0 Å². The molecule has 0 saturated heterocycles. The van der Waals surface area contributed by atoms with Crippen LogP contribution >= 0.6 is 0 Å². The number of methoxy groups -OCH3 is 1. The minimum atomic E-state index is -0.227. The predicted octanol–water partition coefficient (Wildman–Crippen LogP) is 0.756. The molecule has 0 atom stereocenters. The van der Waals surface area contributed by atoms with Crippen LogP contribution in [0.4, 0.5) is 5.82 Å². The number of hydrogen-bond acceptors (Lipinski definition) is 3. The number of anilines is 1. The maximum atomic E-state index is 11.1. The van der Waals surface area contributed by atoms with Crippen LogP contribution in [0.5, 0.6) is 5.75 Å². The first-order valence-corrected chi connectivity index (χ1v) is 4.42. The average molecular weight is 205 g/mol. The van der Waals surface area contributed by atoms with Gasteiger partial charge < -0.3 is 10.5 Å². The van der Waals surface area contributed by atoms with E-state index in [1.54, 1.807) is 13.2 Å². The summed E-state index contributed by atoms with van der Waals surface area (Å²) < 4.78 is 6.58. The van der Waals surface area contributed by atoms with Crippen LogP contribution in [0, 0.1) is 0 Å². The Bertz CT molecular complexity index is 527. The number of benzene rings is 1. The van der Waals surface area contributed by atoms with Gasteiger partial charge in [0.15, 0.2) is 0 Å². The fourth-order valence-corrected chi connectivity index (χ4v) is 1.37. The third-order valence-corrected chi connectivity index (χ3v) is 2.07. The molecule has 5 nitrogen and oxygen atoms in total. The number of ether oxygens (including phenoxy) is 1. The van der Waals surface area contributed by atoms with Crippen molar-refractivity contribution in [3.8, 4) is 11.4 Å². The van der Waals surface area contributed by atoms with E-state index >= 15 is 0 Å². The molecule has 1 heterocycles. The lowest BCUT2D eigenvalue weighted by molar-refractivity contribution is 0.414. The zero-order chi connectivity index (χ0) is 10.8. The molecule has 0 aliphatic carbocycles. The molecule has 0 unspecified atom stereocenters. The van der Waals surface area contributed by atoms with E-state index in [2.05, 4.69) is 5.10 Å². The lowest BCUT2D eigenvalue weighted by Crippen LogP contribution is -2.05. The Labute approximate surface area is 86.1 Å². The first kappa shape index (κ1) is 9.39. The van der Waals surface area contributed by atoms with Crippen molar-refractivity contribution >= 4 is 5.82 Å². The molecule has 0 aliphatic heterocycles. The molecule has 2 rings (SSSR count). The molecule has 15 heavy (non-hydrogen) atoms. The van der Waals surface area contributed by atoms with Gasteiger partial charge in [-0.1, -0.05) is 6.07 Å². The van der Waals surface area contributed by atoms with Crippen molar-refractivity contribution in [2.45, 2.75) is 0 Å². The van der Waals surface area contributed by atoms with Crippen molar-refractivity contribution < 1.29 is 4.74 Å². The van der Waals surface area contributed by atoms with Gasteiger partial charge in [-0.3, -0.25) is 9.89 Å². The Balaban J connectivity index is 2.53. The minimum absolute atomic E-state index is 0.227. The van der Waals surface area contributed by atoms with E-state index in [0.717, 1.165) is 5.69 Å². The number of hydrogen-bond donors (Lipinski definition) is 2. The molecule has 0 amide bonds. The normalized spacial score (nSPS) is 10.2. The fourth-order valence-electron chi connectivity index (χ4n) is 1.37. The number of nitrogens with two attached hydrogens (primary N) is 1. The molecule has 0 aliphatic rings. The molecule has 0 spiro atoms. The Morgan fingerprint density at radius 1 is 1.40 bits per heavy atom. The second-order valence-corrected chi connectivity index (χ2v) is 3.08. The summed E-state index contributed by atoms with van der Waals surface area (Å²) in [6.07, 6.45) is 0. The number of nitrogen functional groups attached to an aromatic ring is 1. The Hall–Kier alpha value is -2.17. The summed E-state index contributed by atoms with van der Waals surface area (Å²) in [6.45, 7) is 0. The lowest BCUT2D eigenvalue weighted by atomic mass is 10.3. The predicted molar refractivity (Wildman–Crippen MR) is 57.4 cm³/mol. The number of aromatic amines is 1. The summed E-state index contributed by atoms with van der Waals surface area (Å²) in [6, 6.07) is 8.59. The van der Waals surface area contributed by atoms with Gasteiger partial charge in [-0.15, -0.1) is 0 Å². The fraction of sp³-hybridized carbons (Fsp3) is 0.100. The maximum Gasteiger partial charge on any atom is 0.266 e. The number of H-pyrrole nitrogens is 1. The Morgan fingerprint density at radius 3 is 2.80 bits per heavy atom. The quantitative estimate of drug-likeness (QED) is 0.760. The van der Waals surface area contributed by atoms with Crippen molar-refractivity contribution in [2.24, 2.45) is 0 Å². The molecular weight excluding hydrogens is 194 g/mol. The summed E-state index contributed by atoms with van der Waals surface area (Å²) in [5.41, 5.74) is 6.19. The van der Waals surface area contributed by atoms with Gasteiger partial charge in [0.2, 0.25) is 0 Å². The molecule has 0 radical (unpaired) electrons. The van der Waals surface area contributed by atoms with Gasteiger partial charge in [-0.05, 0) is 12.1 Å². The second kappa shape index (κ2) is 3.53. The highest BCUT2D eigenvalue weighted by Crippen LogP contribution is 2.16. The molecule has 0 saturated carbocycles. The van der Waals surface area contributed by atoms with Crippen molar-refractivity contribution in [3.05, 3.63) is 40.7 Å². The van der Waals surface area contributed by atoms with E-state index in [-0.39, 0.29) is 5.56 Å². The van der Waals surface area contributed by atoms with Gasteiger partial charge in [0.1, 0.15) is 11.6 Å². The largest absolute Gasteiger partial charge is 0.497 e. The van der Waals surface area contributed by atoms with Crippen LogP contribution in [0.2, 0.25) is 0 Å². The van der Waals surface area contributed by atoms with Gasteiger partial charge in [-0.25, -0.2) is 4.68 Å².